The fraction of sp³-hybridized carbons (Fsp3) is 0.632. The van der Waals surface area contributed by atoms with E-state index in [1.807, 2.05) is 13.1 Å². The minimum Gasteiger partial charge on any atom is -0.385 e. The maximum Gasteiger partial charge on any atom is 0.193 e. The number of ether oxygens (including phenoxy) is 1. The average Bonchev–Trinajstić information content (AvgIpc) is 2.64. The molecule has 0 spiro atoms. The molecule has 5 nitrogen and oxygen atoms in total. The summed E-state index contributed by atoms with van der Waals surface area (Å²) >= 11 is 0. The lowest BCUT2D eigenvalue weighted by molar-refractivity contribution is 0.0625. The van der Waals surface area contributed by atoms with Crippen LogP contribution >= 0.6 is 24.0 Å². The van der Waals surface area contributed by atoms with Gasteiger partial charge in [-0.05, 0) is 43.7 Å². The van der Waals surface area contributed by atoms with E-state index in [1.54, 1.807) is 0 Å². The first-order valence-corrected chi connectivity index (χ1v) is 9.08. The topological polar surface area (TPSA) is 48.9 Å². The van der Waals surface area contributed by atoms with Crippen molar-refractivity contribution in [1.82, 2.24) is 10.2 Å². The van der Waals surface area contributed by atoms with E-state index in [0.717, 1.165) is 51.1 Å². The van der Waals surface area contributed by atoms with Crippen molar-refractivity contribution in [3.05, 3.63) is 30.3 Å². The molecular weight excluding hydrogens is 427 g/mol. The third-order valence-electron chi connectivity index (χ3n) is 4.53. The lowest BCUT2D eigenvalue weighted by Gasteiger charge is -2.26. The molecule has 0 aliphatic carbocycles. The molecule has 0 amide bonds. The molecule has 142 valence electrons. The van der Waals surface area contributed by atoms with E-state index in [4.69, 9.17) is 4.74 Å². The van der Waals surface area contributed by atoms with E-state index in [-0.39, 0.29) is 24.0 Å². The van der Waals surface area contributed by atoms with Crippen molar-refractivity contribution in [2.75, 3.05) is 52.3 Å². The van der Waals surface area contributed by atoms with Crippen molar-refractivity contribution in [1.29, 1.82) is 0 Å². The number of aliphatic imine (C=N–C) groups is 1. The molecule has 1 aliphatic rings. The molecule has 0 radical (unpaired) electrons. The van der Waals surface area contributed by atoms with Crippen LogP contribution in [0.5, 0.6) is 0 Å². The van der Waals surface area contributed by atoms with E-state index in [2.05, 4.69) is 51.8 Å². The Morgan fingerprint density at radius 2 is 1.92 bits per heavy atom. The zero-order valence-corrected chi connectivity index (χ0v) is 17.9. The second-order valence-electron chi connectivity index (χ2n) is 6.39. The molecule has 0 unspecified atom stereocenters. The van der Waals surface area contributed by atoms with E-state index in [1.165, 1.54) is 24.9 Å². The van der Waals surface area contributed by atoms with Gasteiger partial charge < -0.3 is 20.3 Å². The second kappa shape index (κ2) is 13.2. The van der Waals surface area contributed by atoms with Crippen molar-refractivity contribution in [2.45, 2.75) is 25.7 Å². The molecule has 1 fully saturated rings. The highest BCUT2D eigenvalue weighted by Crippen LogP contribution is 2.18. The van der Waals surface area contributed by atoms with Crippen LogP contribution in [0.2, 0.25) is 0 Å². The fourth-order valence-corrected chi connectivity index (χ4v) is 2.98. The molecule has 1 heterocycles. The summed E-state index contributed by atoms with van der Waals surface area (Å²) in [6, 6.07) is 10.3. The van der Waals surface area contributed by atoms with Gasteiger partial charge in [-0.15, -0.1) is 24.0 Å². The summed E-state index contributed by atoms with van der Waals surface area (Å²) < 4.78 is 5.43. The van der Waals surface area contributed by atoms with Crippen molar-refractivity contribution in [3.63, 3.8) is 0 Å². The summed E-state index contributed by atoms with van der Waals surface area (Å²) in [6.45, 7) is 4.78. The van der Waals surface area contributed by atoms with E-state index in [0.29, 0.717) is 0 Å². The first-order chi connectivity index (χ1) is 11.8. The zero-order chi connectivity index (χ0) is 17.0. The highest BCUT2D eigenvalue weighted by molar-refractivity contribution is 14.0. The molecule has 6 heteroatoms. The van der Waals surface area contributed by atoms with Crippen LogP contribution in [0.1, 0.15) is 25.7 Å². The normalized spacial score (nSPS) is 15.4. The molecule has 25 heavy (non-hydrogen) atoms. The van der Waals surface area contributed by atoms with Gasteiger partial charge in [-0.25, -0.2) is 0 Å². The summed E-state index contributed by atoms with van der Waals surface area (Å²) in [5, 5.41) is 6.88. The van der Waals surface area contributed by atoms with Crippen LogP contribution < -0.4 is 10.6 Å². The predicted octanol–water partition coefficient (Wildman–Crippen LogP) is 3.43. The zero-order valence-electron chi connectivity index (χ0n) is 15.5. The Bertz CT molecular complexity index is 478. The molecule has 2 rings (SSSR count). The minimum absolute atomic E-state index is 0. The van der Waals surface area contributed by atoms with Gasteiger partial charge in [0.2, 0.25) is 0 Å². The van der Waals surface area contributed by atoms with Gasteiger partial charge in [0, 0.05) is 52.6 Å². The number of hydrogen-bond acceptors (Lipinski definition) is 3. The van der Waals surface area contributed by atoms with Crippen molar-refractivity contribution >= 4 is 35.6 Å². The van der Waals surface area contributed by atoms with Crippen LogP contribution in [0.15, 0.2) is 35.3 Å². The number of nitrogens with zero attached hydrogens (tertiary/aromatic N) is 2. The van der Waals surface area contributed by atoms with Crippen molar-refractivity contribution in [3.8, 4) is 0 Å². The first kappa shape index (κ1) is 22.0. The summed E-state index contributed by atoms with van der Waals surface area (Å²) in [4.78, 5) is 6.63. The second-order valence-corrected chi connectivity index (χ2v) is 6.39. The van der Waals surface area contributed by atoms with Gasteiger partial charge in [0.15, 0.2) is 5.96 Å². The highest BCUT2D eigenvalue weighted by Gasteiger charge is 2.15. The fourth-order valence-electron chi connectivity index (χ4n) is 2.98. The summed E-state index contributed by atoms with van der Waals surface area (Å²) in [6.07, 6.45) is 4.67. The van der Waals surface area contributed by atoms with Gasteiger partial charge in [-0.2, -0.15) is 0 Å². The number of guanidine groups is 1. The molecule has 1 aromatic rings. The van der Waals surface area contributed by atoms with Crippen molar-refractivity contribution < 1.29 is 4.74 Å². The number of halogens is 1. The van der Waals surface area contributed by atoms with Crippen LogP contribution in [0, 0.1) is 5.92 Å². The van der Waals surface area contributed by atoms with E-state index >= 15 is 0 Å². The standard InChI is InChI=1S/C19H32N4O.HI/c1-20-19(23(2)14-9-17-10-15-24-16-11-17)22-13-6-12-21-18-7-4-3-5-8-18;/h3-5,7-8,17,21H,6,9-16H2,1-2H3,(H,20,22);1H. The number of nitrogens with one attached hydrogen (secondary N) is 2. The molecule has 0 bridgehead atoms. The summed E-state index contributed by atoms with van der Waals surface area (Å²) in [5.74, 6) is 1.79. The molecule has 0 aromatic heterocycles. The monoisotopic (exact) mass is 460 g/mol. The molecule has 2 N–H and O–H groups in total. The van der Waals surface area contributed by atoms with Crippen LogP contribution in [-0.4, -0.2) is 57.8 Å². The molecule has 0 atom stereocenters. The van der Waals surface area contributed by atoms with Crippen LogP contribution in [0.3, 0.4) is 0 Å². The van der Waals surface area contributed by atoms with Gasteiger partial charge in [-0.3, -0.25) is 4.99 Å². The maximum absolute atomic E-state index is 5.43. The molecule has 1 saturated heterocycles. The quantitative estimate of drug-likeness (QED) is 0.270. The van der Waals surface area contributed by atoms with Crippen LogP contribution in [0.25, 0.3) is 0 Å². The van der Waals surface area contributed by atoms with Gasteiger partial charge in [0.25, 0.3) is 0 Å². The molecular formula is C19H33IN4O. The number of anilines is 1. The Morgan fingerprint density at radius 3 is 2.60 bits per heavy atom. The minimum atomic E-state index is 0. The molecule has 1 aliphatic heterocycles. The SMILES string of the molecule is CN=C(NCCCNc1ccccc1)N(C)CCC1CCOCC1.I. The van der Waals surface area contributed by atoms with E-state index < -0.39 is 0 Å². The number of hydrogen-bond donors (Lipinski definition) is 2. The Hall–Kier alpha value is -1.02. The Morgan fingerprint density at radius 1 is 1.20 bits per heavy atom. The number of rotatable bonds is 8. The maximum atomic E-state index is 5.43. The Balaban J connectivity index is 0.00000312. The third kappa shape index (κ3) is 8.76. The third-order valence-corrected chi connectivity index (χ3v) is 4.53. The Kier molecular flexibility index (Phi) is 11.6. The van der Waals surface area contributed by atoms with Crippen LogP contribution in [-0.2, 0) is 4.74 Å². The van der Waals surface area contributed by atoms with Crippen molar-refractivity contribution in [2.24, 2.45) is 10.9 Å². The lowest BCUT2D eigenvalue weighted by atomic mass is 9.96. The summed E-state index contributed by atoms with van der Waals surface area (Å²) in [5.41, 5.74) is 1.18. The molecule has 1 aromatic carbocycles. The Labute approximate surface area is 169 Å². The smallest absolute Gasteiger partial charge is 0.193 e. The van der Waals surface area contributed by atoms with Gasteiger partial charge >= 0.3 is 0 Å². The lowest BCUT2D eigenvalue weighted by Crippen LogP contribution is -2.40. The van der Waals surface area contributed by atoms with E-state index in [9.17, 15) is 0 Å². The largest absolute Gasteiger partial charge is 0.385 e. The summed E-state index contributed by atoms with van der Waals surface area (Å²) in [7, 11) is 3.98. The molecule has 0 saturated carbocycles. The average molecular weight is 460 g/mol. The van der Waals surface area contributed by atoms with Crippen LogP contribution in [0.4, 0.5) is 5.69 Å². The number of benzene rings is 1. The predicted molar refractivity (Wildman–Crippen MR) is 117 cm³/mol. The van der Waals surface area contributed by atoms with Gasteiger partial charge in [-0.1, -0.05) is 18.2 Å². The van der Waals surface area contributed by atoms with Gasteiger partial charge in [0.1, 0.15) is 0 Å². The number of para-hydroxylation sites is 1. The first-order valence-electron chi connectivity index (χ1n) is 9.08. The van der Waals surface area contributed by atoms with Gasteiger partial charge in [0.05, 0.1) is 0 Å². The highest BCUT2D eigenvalue weighted by atomic mass is 127.